The van der Waals surface area contributed by atoms with Crippen LogP contribution in [0, 0.1) is 6.92 Å². The highest BCUT2D eigenvalue weighted by Crippen LogP contribution is 2.17. The fraction of sp³-hybridized carbons (Fsp3) is 0.368. The first-order valence-corrected chi connectivity index (χ1v) is 8.76. The van der Waals surface area contributed by atoms with Gasteiger partial charge in [-0.05, 0) is 57.0 Å². The summed E-state index contributed by atoms with van der Waals surface area (Å²) in [6.07, 6.45) is 2.07. The number of carbonyl (C=O) groups is 2. The predicted octanol–water partition coefficient (Wildman–Crippen LogP) is 2.94. The molecule has 1 N–H and O–H groups in total. The van der Waals surface area contributed by atoms with Crippen molar-refractivity contribution < 1.29 is 14.3 Å². The number of aryl methyl sites for hydroxylation is 1. The van der Waals surface area contributed by atoms with Crippen molar-refractivity contribution in [2.75, 3.05) is 25.0 Å². The Morgan fingerprint density at radius 1 is 1.15 bits per heavy atom. The number of hydrogen-bond acceptors (Lipinski definition) is 6. The maximum Gasteiger partial charge on any atom is 0.338 e. The van der Waals surface area contributed by atoms with Crippen molar-refractivity contribution in [1.82, 2.24) is 14.9 Å². The lowest BCUT2D eigenvalue weighted by atomic mass is 10.2. The Hall–Kier alpha value is -2.96. The van der Waals surface area contributed by atoms with Crippen molar-refractivity contribution >= 4 is 23.5 Å². The number of nitrogens with one attached hydrogen (secondary N) is 1. The van der Waals surface area contributed by atoms with Gasteiger partial charge >= 0.3 is 5.97 Å². The third-order valence-corrected chi connectivity index (χ3v) is 4.12. The molecule has 0 atom stereocenters. The number of ether oxygens (including phenoxy) is 1. The fourth-order valence-electron chi connectivity index (χ4n) is 2.85. The standard InChI is InChI=1S/C19H22N4O3/c1-3-26-18(25)14-6-8-15(9-7-14)21-19-20-13(2)12-16(22-19)17(24)23-10-4-5-11-23/h6-9,12H,3-5,10-11H2,1-2H3,(H,20,21,22). The van der Waals surface area contributed by atoms with Gasteiger partial charge in [-0.2, -0.15) is 0 Å². The van der Waals surface area contributed by atoms with E-state index in [1.807, 2.05) is 11.8 Å². The average molecular weight is 354 g/mol. The molecule has 136 valence electrons. The lowest BCUT2D eigenvalue weighted by Crippen LogP contribution is -2.28. The average Bonchev–Trinajstić information content (AvgIpc) is 3.16. The van der Waals surface area contributed by atoms with E-state index in [2.05, 4.69) is 15.3 Å². The molecule has 1 aromatic carbocycles. The molecule has 0 saturated carbocycles. The van der Waals surface area contributed by atoms with Crippen LogP contribution in [0.4, 0.5) is 11.6 Å². The maximum absolute atomic E-state index is 12.5. The zero-order valence-electron chi connectivity index (χ0n) is 15.0. The van der Waals surface area contributed by atoms with E-state index in [9.17, 15) is 9.59 Å². The second-order valence-electron chi connectivity index (χ2n) is 6.14. The van der Waals surface area contributed by atoms with Gasteiger partial charge in [0.1, 0.15) is 5.69 Å². The summed E-state index contributed by atoms with van der Waals surface area (Å²) in [4.78, 5) is 34.8. The third kappa shape index (κ3) is 4.17. The quantitative estimate of drug-likeness (QED) is 0.831. The number of aromatic nitrogens is 2. The first kappa shape index (κ1) is 17.8. The van der Waals surface area contributed by atoms with Crippen LogP contribution in [0.15, 0.2) is 30.3 Å². The first-order chi connectivity index (χ1) is 12.6. The van der Waals surface area contributed by atoms with Crippen LogP contribution in [-0.2, 0) is 4.74 Å². The predicted molar refractivity (Wildman–Crippen MR) is 97.6 cm³/mol. The summed E-state index contributed by atoms with van der Waals surface area (Å²) < 4.78 is 4.97. The minimum Gasteiger partial charge on any atom is -0.462 e. The molecule has 0 bridgehead atoms. The highest BCUT2D eigenvalue weighted by Gasteiger charge is 2.21. The number of benzene rings is 1. The Bertz CT molecular complexity index is 799. The Morgan fingerprint density at radius 2 is 1.85 bits per heavy atom. The van der Waals surface area contributed by atoms with Gasteiger partial charge in [0.15, 0.2) is 0 Å². The Kier molecular flexibility index (Phi) is 5.46. The van der Waals surface area contributed by atoms with Crippen LogP contribution < -0.4 is 5.32 Å². The molecular weight excluding hydrogens is 332 g/mol. The minimum absolute atomic E-state index is 0.0614. The van der Waals surface area contributed by atoms with Gasteiger partial charge in [-0.25, -0.2) is 14.8 Å². The fourth-order valence-corrected chi connectivity index (χ4v) is 2.85. The van der Waals surface area contributed by atoms with E-state index in [1.54, 1.807) is 37.3 Å². The molecule has 2 heterocycles. The molecule has 1 aromatic heterocycles. The van der Waals surface area contributed by atoms with E-state index in [0.29, 0.717) is 29.5 Å². The normalized spacial score (nSPS) is 13.5. The smallest absolute Gasteiger partial charge is 0.338 e. The molecule has 0 aliphatic carbocycles. The zero-order chi connectivity index (χ0) is 18.5. The van der Waals surface area contributed by atoms with Gasteiger partial charge in [-0.3, -0.25) is 4.79 Å². The van der Waals surface area contributed by atoms with E-state index in [4.69, 9.17) is 4.74 Å². The molecule has 0 radical (unpaired) electrons. The van der Waals surface area contributed by atoms with E-state index in [-0.39, 0.29) is 11.9 Å². The van der Waals surface area contributed by atoms with Crippen molar-refractivity contribution in [1.29, 1.82) is 0 Å². The minimum atomic E-state index is -0.357. The van der Waals surface area contributed by atoms with Gasteiger partial charge in [-0.1, -0.05) is 0 Å². The number of esters is 1. The molecule has 1 aliphatic heterocycles. The van der Waals surface area contributed by atoms with Crippen LogP contribution in [0.3, 0.4) is 0 Å². The first-order valence-electron chi connectivity index (χ1n) is 8.76. The number of anilines is 2. The van der Waals surface area contributed by atoms with Crippen LogP contribution in [0.2, 0.25) is 0 Å². The molecule has 0 spiro atoms. The number of likely N-dealkylation sites (tertiary alicyclic amines) is 1. The molecule has 1 amide bonds. The highest BCUT2D eigenvalue weighted by atomic mass is 16.5. The number of hydrogen-bond donors (Lipinski definition) is 1. The summed E-state index contributed by atoms with van der Waals surface area (Å²) in [5.41, 5.74) is 2.31. The van der Waals surface area contributed by atoms with E-state index in [0.717, 1.165) is 31.6 Å². The third-order valence-electron chi connectivity index (χ3n) is 4.12. The van der Waals surface area contributed by atoms with Gasteiger partial charge in [0.05, 0.1) is 12.2 Å². The van der Waals surface area contributed by atoms with Crippen LogP contribution in [0.1, 0.15) is 46.3 Å². The largest absolute Gasteiger partial charge is 0.462 e. The van der Waals surface area contributed by atoms with Gasteiger partial charge in [0.2, 0.25) is 5.95 Å². The molecule has 1 fully saturated rings. The topological polar surface area (TPSA) is 84.4 Å². The lowest BCUT2D eigenvalue weighted by molar-refractivity contribution is 0.0526. The molecule has 26 heavy (non-hydrogen) atoms. The van der Waals surface area contributed by atoms with Gasteiger partial charge < -0.3 is 15.0 Å². The molecule has 0 unspecified atom stereocenters. The molecule has 7 nitrogen and oxygen atoms in total. The molecule has 1 aliphatic rings. The Morgan fingerprint density at radius 3 is 2.50 bits per heavy atom. The summed E-state index contributed by atoms with van der Waals surface area (Å²) in [6.45, 7) is 5.49. The van der Waals surface area contributed by atoms with Crippen LogP contribution >= 0.6 is 0 Å². The number of nitrogens with zero attached hydrogens (tertiary/aromatic N) is 3. The maximum atomic E-state index is 12.5. The number of amides is 1. The van der Waals surface area contributed by atoms with E-state index >= 15 is 0 Å². The van der Waals surface area contributed by atoms with Crippen molar-refractivity contribution in [3.05, 3.63) is 47.3 Å². The van der Waals surface area contributed by atoms with Crippen LogP contribution in [0.25, 0.3) is 0 Å². The molecular formula is C19H22N4O3. The second kappa shape index (κ2) is 7.95. The van der Waals surface area contributed by atoms with Gasteiger partial charge in [-0.15, -0.1) is 0 Å². The van der Waals surface area contributed by atoms with E-state index in [1.165, 1.54) is 0 Å². The Labute approximate surface area is 152 Å². The van der Waals surface area contributed by atoms with Gasteiger partial charge in [0.25, 0.3) is 5.91 Å². The molecule has 1 saturated heterocycles. The van der Waals surface area contributed by atoms with Crippen molar-refractivity contribution in [2.45, 2.75) is 26.7 Å². The summed E-state index contributed by atoms with van der Waals surface area (Å²) in [7, 11) is 0. The van der Waals surface area contributed by atoms with Gasteiger partial charge in [0, 0.05) is 24.5 Å². The van der Waals surface area contributed by atoms with Crippen molar-refractivity contribution in [3.63, 3.8) is 0 Å². The Balaban J connectivity index is 1.75. The summed E-state index contributed by atoms with van der Waals surface area (Å²) in [5.74, 6) is -0.0607. The highest BCUT2D eigenvalue weighted by molar-refractivity contribution is 5.93. The molecule has 2 aromatic rings. The number of carbonyl (C=O) groups excluding carboxylic acids is 2. The zero-order valence-corrected chi connectivity index (χ0v) is 15.0. The molecule has 7 heteroatoms. The van der Waals surface area contributed by atoms with Crippen molar-refractivity contribution in [3.8, 4) is 0 Å². The van der Waals surface area contributed by atoms with Crippen LogP contribution in [-0.4, -0.2) is 46.4 Å². The molecule has 3 rings (SSSR count). The summed E-state index contributed by atoms with van der Waals surface area (Å²) >= 11 is 0. The summed E-state index contributed by atoms with van der Waals surface area (Å²) in [5, 5.41) is 3.08. The number of rotatable bonds is 5. The van der Waals surface area contributed by atoms with E-state index < -0.39 is 0 Å². The SMILES string of the molecule is CCOC(=O)c1ccc(Nc2nc(C)cc(C(=O)N3CCCC3)n2)cc1. The van der Waals surface area contributed by atoms with Crippen LogP contribution in [0.5, 0.6) is 0 Å². The lowest BCUT2D eigenvalue weighted by Gasteiger charge is -2.15. The monoisotopic (exact) mass is 354 g/mol. The van der Waals surface area contributed by atoms with Crippen molar-refractivity contribution in [2.24, 2.45) is 0 Å². The second-order valence-corrected chi connectivity index (χ2v) is 6.14. The summed E-state index contributed by atoms with van der Waals surface area (Å²) in [6, 6.07) is 8.55.